The molecule has 41 heavy (non-hydrogen) atoms. The van der Waals surface area contributed by atoms with Gasteiger partial charge in [-0.15, -0.1) is 0 Å². The first-order valence-corrected chi connectivity index (χ1v) is 15.7. The van der Waals surface area contributed by atoms with Crippen LogP contribution in [0.2, 0.25) is 0 Å². The van der Waals surface area contributed by atoms with E-state index in [-0.39, 0.29) is 35.6 Å². The van der Waals surface area contributed by atoms with Crippen LogP contribution in [0.3, 0.4) is 0 Å². The summed E-state index contributed by atoms with van der Waals surface area (Å²) in [7, 11) is -4.37. The van der Waals surface area contributed by atoms with Crippen LogP contribution in [0.5, 0.6) is 0 Å². The fourth-order valence-corrected chi connectivity index (χ4v) is 7.87. The number of nitrogens with one attached hydrogen (secondary N) is 1. The third kappa shape index (κ3) is 6.85. The minimum absolute atomic E-state index is 0.0746. The number of sulfonamides is 1. The molecule has 0 bridgehead atoms. The van der Waals surface area contributed by atoms with Crippen molar-refractivity contribution in [1.82, 2.24) is 9.79 Å². The average molecular weight is 590 g/mol. The number of nitrogens with two attached hydrogens (primary N) is 1. The summed E-state index contributed by atoms with van der Waals surface area (Å²) in [5.41, 5.74) is 7.02. The highest BCUT2D eigenvalue weighted by molar-refractivity contribution is 7.89. The first-order valence-electron chi connectivity index (χ1n) is 14.3. The summed E-state index contributed by atoms with van der Waals surface area (Å²) in [4.78, 5) is 18.2. The third-order valence-corrected chi connectivity index (χ3v) is 9.99. The van der Waals surface area contributed by atoms with Crippen LogP contribution in [0.4, 0.5) is 10.5 Å². The van der Waals surface area contributed by atoms with E-state index in [0.717, 1.165) is 29.3 Å². The van der Waals surface area contributed by atoms with Crippen LogP contribution >= 0.6 is 0 Å². The molecule has 1 saturated carbocycles. The molecule has 12 heteroatoms. The lowest BCUT2D eigenvalue weighted by molar-refractivity contribution is -0.197. The summed E-state index contributed by atoms with van der Waals surface area (Å²) in [5, 5.41) is 24.3. The van der Waals surface area contributed by atoms with Crippen LogP contribution in [0.15, 0.2) is 59.5 Å². The molecular formula is C29H39N3O8S. The Kier molecular flexibility index (Phi) is 9.47. The molecule has 1 aliphatic carbocycles. The maximum Gasteiger partial charge on any atom is 0.404 e. The SMILES string of the molecule is Nc1cccc(S(=O)(=O)N(OC2CCCCC2)C([C@H](O)[C@H](Cc2ccccc2)NC(=O)O)[C@@H]2CO[C@H]3OCC[C@H]32)c1. The van der Waals surface area contributed by atoms with E-state index in [1.165, 1.54) is 12.1 Å². The van der Waals surface area contributed by atoms with E-state index >= 15 is 0 Å². The molecule has 6 atom stereocenters. The molecule has 224 valence electrons. The zero-order chi connectivity index (χ0) is 29.0. The van der Waals surface area contributed by atoms with Crippen LogP contribution in [0.1, 0.15) is 44.1 Å². The minimum atomic E-state index is -4.37. The molecule has 1 amide bonds. The maximum absolute atomic E-state index is 14.4. The zero-order valence-corrected chi connectivity index (χ0v) is 23.7. The number of carboxylic acid groups (broad SMARTS) is 1. The van der Waals surface area contributed by atoms with Crippen molar-refractivity contribution in [1.29, 1.82) is 0 Å². The number of nitrogen functional groups attached to an aromatic ring is 1. The second kappa shape index (κ2) is 13.1. The van der Waals surface area contributed by atoms with Crippen molar-refractivity contribution < 1.29 is 37.7 Å². The molecule has 0 radical (unpaired) electrons. The molecule has 5 rings (SSSR count). The number of nitrogens with zero attached hydrogens (tertiary/aromatic N) is 1. The molecule has 2 aliphatic heterocycles. The molecule has 2 aromatic rings. The minimum Gasteiger partial charge on any atom is -0.465 e. The fraction of sp³-hybridized carbons (Fsp3) is 0.552. The van der Waals surface area contributed by atoms with Gasteiger partial charge in [0.15, 0.2) is 6.29 Å². The number of benzene rings is 2. The Morgan fingerprint density at radius 3 is 2.54 bits per heavy atom. The summed E-state index contributed by atoms with van der Waals surface area (Å²) >= 11 is 0. The van der Waals surface area contributed by atoms with Gasteiger partial charge in [-0.1, -0.05) is 60.1 Å². The van der Waals surface area contributed by atoms with Crippen LogP contribution in [0.25, 0.3) is 0 Å². The van der Waals surface area contributed by atoms with Crippen molar-refractivity contribution in [3.63, 3.8) is 0 Å². The number of hydroxylamine groups is 1. The Morgan fingerprint density at radius 2 is 1.83 bits per heavy atom. The van der Waals surface area contributed by atoms with Gasteiger partial charge in [-0.25, -0.2) is 13.2 Å². The number of amides is 1. The maximum atomic E-state index is 14.4. The van der Waals surface area contributed by atoms with Crippen molar-refractivity contribution >= 4 is 21.8 Å². The Labute approximate surface area is 240 Å². The molecular weight excluding hydrogens is 550 g/mol. The van der Waals surface area contributed by atoms with Crippen molar-refractivity contribution in [2.75, 3.05) is 18.9 Å². The average Bonchev–Trinajstić information content (AvgIpc) is 3.58. The van der Waals surface area contributed by atoms with Gasteiger partial charge in [0.25, 0.3) is 10.0 Å². The fourth-order valence-electron chi connectivity index (χ4n) is 6.29. The highest BCUT2D eigenvalue weighted by Gasteiger charge is 2.53. The van der Waals surface area contributed by atoms with Crippen molar-refractivity contribution in [3.8, 4) is 0 Å². The lowest BCUT2D eigenvalue weighted by Crippen LogP contribution is -2.60. The van der Waals surface area contributed by atoms with Crippen LogP contribution in [-0.4, -0.2) is 73.0 Å². The number of fused-ring (bicyclic) bond motifs is 1. The number of ether oxygens (including phenoxy) is 2. The molecule has 2 aromatic carbocycles. The highest BCUT2D eigenvalue weighted by atomic mass is 32.2. The van der Waals surface area contributed by atoms with Crippen LogP contribution < -0.4 is 11.1 Å². The van der Waals surface area contributed by atoms with E-state index in [1.54, 1.807) is 12.1 Å². The molecule has 1 unspecified atom stereocenters. The number of hydrogen-bond donors (Lipinski definition) is 4. The number of aliphatic hydroxyl groups excluding tert-OH is 1. The molecule has 5 N–H and O–H groups in total. The van der Waals surface area contributed by atoms with E-state index in [0.29, 0.717) is 25.9 Å². The van der Waals surface area contributed by atoms with Crippen LogP contribution in [0, 0.1) is 11.8 Å². The molecule has 11 nitrogen and oxygen atoms in total. The number of aliphatic hydroxyl groups is 1. The second-order valence-electron chi connectivity index (χ2n) is 11.1. The summed E-state index contributed by atoms with van der Waals surface area (Å²) in [5.74, 6) is -0.726. The molecule has 2 saturated heterocycles. The number of carbonyl (C=O) groups is 1. The van der Waals surface area contributed by atoms with Gasteiger partial charge in [0.05, 0.1) is 42.4 Å². The monoisotopic (exact) mass is 589 g/mol. The summed E-state index contributed by atoms with van der Waals surface area (Å²) < 4.78 is 41.4. The van der Waals surface area contributed by atoms with Crippen molar-refractivity contribution in [2.24, 2.45) is 11.8 Å². The first-order chi connectivity index (χ1) is 19.7. The predicted molar refractivity (Wildman–Crippen MR) is 150 cm³/mol. The smallest absolute Gasteiger partial charge is 0.404 e. The van der Waals surface area contributed by atoms with Gasteiger partial charge >= 0.3 is 6.09 Å². The van der Waals surface area contributed by atoms with Gasteiger partial charge in [-0.3, -0.25) is 4.84 Å². The van der Waals surface area contributed by atoms with Gasteiger partial charge in [-0.05, 0) is 49.4 Å². The predicted octanol–water partition coefficient (Wildman–Crippen LogP) is 3.14. The Balaban J connectivity index is 1.59. The Bertz CT molecular complexity index is 1270. The Morgan fingerprint density at radius 1 is 1.07 bits per heavy atom. The van der Waals surface area contributed by atoms with E-state index in [4.69, 9.17) is 20.0 Å². The Hall–Kier alpha value is -2.74. The lowest BCUT2D eigenvalue weighted by atomic mass is 9.82. The molecule has 3 aliphatic rings. The highest BCUT2D eigenvalue weighted by Crippen LogP contribution is 2.42. The van der Waals surface area contributed by atoms with Gasteiger partial charge in [0, 0.05) is 17.5 Å². The van der Waals surface area contributed by atoms with Crippen molar-refractivity contribution in [3.05, 3.63) is 60.2 Å². The van der Waals surface area contributed by atoms with E-state index in [9.17, 15) is 23.4 Å². The van der Waals surface area contributed by atoms with E-state index in [1.807, 2.05) is 30.3 Å². The lowest BCUT2D eigenvalue weighted by Gasteiger charge is -2.42. The van der Waals surface area contributed by atoms with Crippen LogP contribution in [-0.2, 0) is 30.8 Å². The van der Waals surface area contributed by atoms with Crippen molar-refractivity contribution in [2.45, 2.75) is 80.4 Å². The molecule has 3 fully saturated rings. The second-order valence-corrected chi connectivity index (χ2v) is 12.9. The van der Waals surface area contributed by atoms with Gasteiger partial charge < -0.3 is 30.7 Å². The number of anilines is 1. The summed E-state index contributed by atoms with van der Waals surface area (Å²) in [6.07, 6.45) is 1.19. The van der Waals surface area contributed by atoms with Gasteiger partial charge in [-0.2, -0.15) is 0 Å². The topological polar surface area (TPSA) is 161 Å². The summed E-state index contributed by atoms with van der Waals surface area (Å²) in [6.45, 7) is 0.570. The first kappa shape index (κ1) is 29.7. The summed E-state index contributed by atoms with van der Waals surface area (Å²) in [6, 6.07) is 12.9. The normalized spacial score (nSPS) is 25.5. The largest absolute Gasteiger partial charge is 0.465 e. The zero-order valence-electron chi connectivity index (χ0n) is 22.9. The standard InChI is InChI=1S/C29H39N3O8S/c30-20-10-7-13-22(17-20)41(36,37)32(40-21-11-5-2-6-12-21)26(24-18-39-28-23(24)14-15-38-28)27(33)25(31-29(34)35)16-19-8-3-1-4-9-19/h1,3-4,7-10,13,17,21,23-28,31,33H,2,5-6,11-12,14-16,18,30H2,(H,34,35)/t23-,24+,25-,26?,27+,28+/m0/s1. The molecule has 0 spiro atoms. The molecule has 0 aromatic heterocycles. The van der Waals surface area contributed by atoms with Gasteiger partial charge in [0.1, 0.15) is 0 Å². The van der Waals surface area contributed by atoms with Gasteiger partial charge in [0.2, 0.25) is 0 Å². The molecule has 2 heterocycles. The third-order valence-electron chi connectivity index (χ3n) is 8.34. The van der Waals surface area contributed by atoms with E-state index < -0.39 is 46.5 Å². The van der Waals surface area contributed by atoms with E-state index in [2.05, 4.69) is 5.32 Å². The number of hydrogen-bond acceptors (Lipinski definition) is 8. The quantitative estimate of drug-likeness (QED) is 0.228. The number of rotatable bonds is 11.